The van der Waals surface area contributed by atoms with Gasteiger partial charge in [-0.25, -0.2) is 0 Å². The highest BCUT2D eigenvalue weighted by Gasteiger charge is 2.27. The van der Waals surface area contributed by atoms with Gasteiger partial charge < -0.3 is 9.67 Å². The molecule has 4 heterocycles. The van der Waals surface area contributed by atoms with Gasteiger partial charge in [-0.3, -0.25) is 14.9 Å². The Bertz CT molecular complexity index is 747. The monoisotopic (exact) mass is 373 g/mol. The number of aromatic amines is 1. The first-order valence-corrected chi connectivity index (χ1v) is 10.1. The summed E-state index contributed by atoms with van der Waals surface area (Å²) < 4.78 is 2.19. The molecule has 27 heavy (non-hydrogen) atoms. The molecule has 0 radical (unpaired) electrons. The Kier molecular flexibility index (Phi) is 5.56. The summed E-state index contributed by atoms with van der Waals surface area (Å²) in [5, 5.41) is 26.1. The molecule has 0 aromatic carbocycles. The lowest BCUT2D eigenvalue weighted by molar-refractivity contribution is 0.0775. The molecule has 8 heteroatoms. The van der Waals surface area contributed by atoms with Gasteiger partial charge >= 0.3 is 0 Å². The summed E-state index contributed by atoms with van der Waals surface area (Å²) in [6.07, 6.45) is 3.92. The van der Waals surface area contributed by atoms with E-state index in [4.69, 9.17) is 0 Å². The summed E-state index contributed by atoms with van der Waals surface area (Å²) >= 11 is 0. The number of aliphatic hydroxyl groups is 1. The van der Waals surface area contributed by atoms with Crippen LogP contribution in [-0.4, -0.2) is 72.2 Å². The molecule has 2 aliphatic rings. The number of H-pyrrole nitrogens is 1. The van der Waals surface area contributed by atoms with E-state index in [9.17, 15) is 5.11 Å². The van der Waals surface area contributed by atoms with Gasteiger partial charge in [0.15, 0.2) is 0 Å². The second-order valence-corrected chi connectivity index (χ2v) is 8.16. The maximum atomic E-state index is 9.68. The lowest BCUT2D eigenvalue weighted by Gasteiger charge is -2.32. The summed E-state index contributed by atoms with van der Waals surface area (Å²) in [6, 6.07) is 2.12. The molecule has 0 aliphatic carbocycles. The van der Waals surface area contributed by atoms with Crippen LogP contribution in [-0.2, 0) is 20.1 Å². The number of aromatic nitrogens is 5. The van der Waals surface area contributed by atoms with Crippen LogP contribution >= 0.6 is 0 Å². The molecule has 0 bridgehead atoms. The highest BCUT2D eigenvalue weighted by atomic mass is 16.3. The molecule has 2 saturated heterocycles. The minimum Gasteiger partial charge on any atom is -0.393 e. The quantitative estimate of drug-likeness (QED) is 0.819. The minimum absolute atomic E-state index is 0.136. The van der Waals surface area contributed by atoms with Crippen LogP contribution in [0.25, 0.3) is 0 Å². The predicted octanol–water partition coefficient (Wildman–Crippen LogP) is 1.18. The van der Waals surface area contributed by atoms with Crippen molar-refractivity contribution in [2.45, 2.75) is 57.7 Å². The Morgan fingerprint density at radius 3 is 2.67 bits per heavy atom. The number of likely N-dealkylation sites (tertiary alicyclic amines) is 2. The largest absolute Gasteiger partial charge is 0.393 e. The number of nitrogens with one attached hydrogen (secondary N) is 1. The normalized spacial score (nSPS) is 23.1. The zero-order chi connectivity index (χ0) is 18.8. The van der Waals surface area contributed by atoms with E-state index >= 15 is 0 Å². The van der Waals surface area contributed by atoms with E-state index in [1.54, 1.807) is 0 Å². The Morgan fingerprint density at radius 2 is 1.93 bits per heavy atom. The molecule has 148 valence electrons. The Hall–Kier alpha value is -1.77. The first-order valence-electron chi connectivity index (χ1n) is 10.1. The smallest absolute Gasteiger partial charge is 0.146 e. The minimum atomic E-state index is -0.136. The average molecular weight is 374 g/mol. The van der Waals surface area contributed by atoms with Crippen LogP contribution in [0.3, 0.4) is 0 Å². The number of nitrogens with zero attached hydrogens (tertiary/aromatic N) is 6. The van der Waals surface area contributed by atoms with Crippen LogP contribution in [0, 0.1) is 6.92 Å². The fourth-order valence-electron chi connectivity index (χ4n) is 4.34. The van der Waals surface area contributed by atoms with Crippen LogP contribution < -0.4 is 0 Å². The van der Waals surface area contributed by atoms with Crippen LogP contribution in [0.5, 0.6) is 0 Å². The number of rotatable bonds is 5. The molecule has 0 amide bonds. The van der Waals surface area contributed by atoms with Gasteiger partial charge in [-0.2, -0.15) is 5.10 Å². The molecule has 2 aromatic heterocycles. The molecular weight excluding hydrogens is 342 g/mol. The number of hydrogen-bond acceptors (Lipinski definition) is 6. The summed E-state index contributed by atoms with van der Waals surface area (Å²) in [5.41, 5.74) is 2.22. The third kappa shape index (κ3) is 4.39. The second kappa shape index (κ2) is 8.08. The number of piperidine rings is 2. The van der Waals surface area contributed by atoms with Crippen LogP contribution in [0.2, 0.25) is 0 Å². The van der Waals surface area contributed by atoms with Gasteiger partial charge in [-0.05, 0) is 45.2 Å². The van der Waals surface area contributed by atoms with Gasteiger partial charge in [0.05, 0.1) is 18.3 Å². The molecule has 1 atom stereocenters. The Morgan fingerprint density at radius 1 is 1.11 bits per heavy atom. The van der Waals surface area contributed by atoms with E-state index in [-0.39, 0.29) is 6.10 Å². The Labute approximate surface area is 160 Å². The summed E-state index contributed by atoms with van der Waals surface area (Å²) in [4.78, 5) is 4.84. The molecular formula is C19H31N7O. The third-order valence-corrected chi connectivity index (χ3v) is 5.94. The first kappa shape index (κ1) is 18.6. The van der Waals surface area contributed by atoms with E-state index in [1.807, 2.05) is 6.92 Å². The zero-order valence-corrected chi connectivity index (χ0v) is 16.4. The van der Waals surface area contributed by atoms with Crippen LogP contribution in [0.4, 0.5) is 0 Å². The van der Waals surface area contributed by atoms with Gasteiger partial charge in [0.25, 0.3) is 0 Å². The lowest BCUT2D eigenvalue weighted by Crippen LogP contribution is -2.36. The number of aliphatic hydroxyl groups excluding tert-OH is 1. The Balaban J connectivity index is 1.38. The summed E-state index contributed by atoms with van der Waals surface area (Å²) in [7, 11) is 2.10. The SMILES string of the molecule is Cc1cc(CN2CCCC(c3nnc(CN4CCC(O)CC4)n3C)C2)n[nH]1. The first-order chi connectivity index (χ1) is 13.1. The maximum absolute atomic E-state index is 9.68. The third-order valence-electron chi connectivity index (χ3n) is 5.94. The fraction of sp³-hybridized carbons (Fsp3) is 0.737. The second-order valence-electron chi connectivity index (χ2n) is 8.16. The van der Waals surface area contributed by atoms with Crippen molar-refractivity contribution in [2.75, 3.05) is 26.2 Å². The maximum Gasteiger partial charge on any atom is 0.146 e. The van der Waals surface area contributed by atoms with Crippen LogP contribution in [0.15, 0.2) is 6.07 Å². The lowest BCUT2D eigenvalue weighted by atomic mass is 9.97. The molecule has 2 aliphatic heterocycles. The van der Waals surface area contributed by atoms with Crippen molar-refractivity contribution < 1.29 is 5.11 Å². The number of hydrogen-bond donors (Lipinski definition) is 2. The van der Waals surface area contributed by atoms with Gasteiger partial charge in [-0.15, -0.1) is 10.2 Å². The van der Waals surface area contributed by atoms with Crippen molar-refractivity contribution in [2.24, 2.45) is 7.05 Å². The van der Waals surface area contributed by atoms with Crippen molar-refractivity contribution in [3.63, 3.8) is 0 Å². The van der Waals surface area contributed by atoms with Gasteiger partial charge in [0.2, 0.25) is 0 Å². The molecule has 0 spiro atoms. The van der Waals surface area contributed by atoms with E-state index in [2.05, 4.69) is 47.9 Å². The molecule has 8 nitrogen and oxygen atoms in total. The fourth-order valence-corrected chi connectivity index (χ4v) is 4.34. The zero-order valence-electron chi connectivity index (χ0n) is 16.4. The standard InChI is InChI=1S/C19H31N7O/c1-14-10-16(21-20-14)12-26-7-3-4-15(11-26)19-23-22-18(24(19)2)13-25-8-5-17(27)6-9-25/h10,15,17,27H,3-9,11-13H2,1-2H3,(H,20,21). The van der Waals surface area contributed by atoms with Gasteiger partial charge in [0, 0.05) is 44.8 Å². The van der Waals surface area contributed by atoms with Gasteiger partial charge in [-0.1, -0.05) is 0 Å². The van der Waals surface area contributed by atoms with E-state index in [1.165, 1.54) is 6.42 Å². The van der Waals surface area contributed by atoms with Crippen molar-refractivity contribution in [3.05, 3.63) is 29.1 Å². The summed E-state index contributed by atoms with van der Waals surface area (Å²) in [6.45, 7) is 7.74. The molecule has 2 aromatic rings. The highest BCUT2D eigenvalue weighted by molar-refractivity contribution is 5.08. The molecule has 1 unspecified atom stereocenters. The molecule has 2 N–H and O–H groups in total. The molecule has 0 saturated carbocycles. The van der Waals surface area contributed by atoms with Crippen molar-refractivity contribution in [1.82, 2.24) is 34.8 Å². The molecule has 4 rings (SSSR count). The highest BCUT2D eigenvalue weighted by Crippen LogP contribution is 2.27. The van der Waals surface area contributed by atoms with E-state index in [0.717, 1.165) is 81.6 Å². The van der Waals surface area contributed by atoms with E-state index in [0.29, 0.717) is 5.92 Å². The van der Waals surface area contributed by atoms with Gasteiger partial charge in [0.1, 0.15) is 11.6 Å². The van der Waals surface area contributed by atoms with E-state index < -0.39 is 0 Å². The topological polar surface area (TPSA) is 86.1 Å². The average Bonchev–Trinajstić information content (AvgIpc) is 3.23. The predicted molar refractivity (Wildman–Crippen MR) is 102 cm³/mol. The van der Waals surface area contributed by atoms with Crippen molar-refractivity contribution >= 4 is 0 Å². The number of aryl methyl sites for hydroxylation is 1. The summed E-state index contributed by atoms with van der Waals surface area (Å²) in [5.74, 6) is 2.56. The van der Waals surface area contributed by atoms with Crippen LogP contribution in [0.1, 0.15) is 54.6 Å². The molecule has 2 fully saturated rings. The van der Waals surface area contributed by atoms with Crippen molar-refractivity contribution in [1.29, 1.82) is 0 Å². The van der Waals surface area contributed by atoms with Crippen molar-refractivity contribution in [3.8, 4) is 0 Å².